The number of hydrogen-bond donors (Lipinski definition) is 2. The number of phenols is 2. The summed E-state index contributed by atoms with van der Waals surface area (Å²) in [5.41, 5.74) is 2.33. The van der Waals surface area contributed by atoms with Crippen molar-refractivity contribution in [2.75, 3.05) is 0 Å². The smallest absolute Gasteiger partial charge is 0.123 e. The van der Waals surface area contributed by atoms with Crippen LogP contribution >= 0.6 is 0 Å². The van der Waals surface area contributed by atoms with E-state index in [0.717, 1.165) is 12.0 Å². The van der Waals surface area contributed by atoms with E-state index in [1.54, 1.807) is 6.07 Å². The third-order valence-corrected chi connectivity index (χ3v) is 4.03. The third kappa shape index (κ3) is 2.53. The van der Waals surface area contributed by atoms with Crippen LogP contribution in [0.4, 0.5) is 0 Å². The molecule has 1 aromatic rings. The molecule has 18 heavy (non-hydrogen) atoms. The minimum atomic E-state index is 0.119. The summed E-state index contributed by atoms with van der Waals surface area (Å²) in [7, 11) is 0. The van der Waals surface area contributed by atoms with Gasteiger partial charge in [-0.1, -0.05) is 31.6 Å². The van der Waals surface area contributed by atoms with E-state index in [1.807, 2.05) is 6.07 Å². The molecular weight excluding hydrogens is 224 g/mol. The zero-order chi connectivity index (χ0) is 13.3. The number of allylic oxidation sites excluding steroid dienone is 2. The number of aromatic hydroxyl groups is 2. The molecule has 0 heterocycles. The average Bonchev–Trinajstić information content (AvgIpc) is 2.28. The Morgan fingerprint density at radius 2 is 1.94 bits per heavy atom. The molecule has 0 saturated heterocycles. The Morgan fingerprint density at radius 3 is 2.56 bits per heavy atom. The van der Waals surface area contributed by atoms with Crippen LogP contribution < -0.4 is 0 Å². The minimum Gasteiger partial charge on any atom is -0.508 e. The first-order valence-electron chi connectivity index (χ1n) is 6.68. The summed E-state index contributed by atoms with van der Waals surface area (Å²) in [6.45, 7) is 6.63. The van der Waals surface area contributed by atoms with E-state index in [9.17, 15) is 10.2 Å². The van der Waals surface area contributed by atoms with Gasteiger partial charge < -0.3 is 10.2 Å². The van der Waals surface area contributed by atoms with Gasteiger partial charge in [0.25, 0.3) is 0 Å². The quantitative estimate of drug-likeness (QED) is 0.768. The summed E-state index contributed by atoms with van der Waals surface area (Å²) in [5.74, 6) is 1.74. The summed E-state index contributed by atoms with van der Waals surface area (Å²) < 4.78 is 0. The first kappa shape index (κ1) is 13.0. The third-order valence-electron chi connectivity index (χ3n) is 4.03. The van der Waals surface area contributed by atoms with E-state index in [2.05, 4.69) is 26.8 Å². The van der Waals surface area contributed by atoms with Crippen LogP contribution in [0.1, 0.15) is 45.1 Å². The fourth-order valence-corrected chi connectivity index (χ4v) is 2.97. The van der Waals surface area contributed by atoms with Crippen LogP contribution in [0.15, 0.2) is 29.8 Å². The molecule has 0 saturated carbocycles. The van der Waals surface area contributed by atoms with Gasteiger partial charge in [-0.15, -0.1) is 0 Å². The Labute approximate surface area is 109 Å². The Bertz CT molecular complexity index is 460. The van der Waals surface area contributed by atoms with E-state index < -0.39 is 0 Å². The number of hydrogen-bond acceptors (Lipinski definition) is 2. The normalized spacial score (nSPS) is 24.1. The highest BCUT2D eigenvalue weighted by atomic mass is 16.3. The molecule has 0 spiro atoms. The van der Waals surface area contributed by atoms with Gasteiger partial charge in [-0.2, -0.15) is 0 Å². The molecule has 0 aliphatic heterocycles. The molecule has 1 aromatic carbocycles. The maximum atomic E-state index is 10.0. The first-order chi connectivity index (χ1) is 8.49. The van der Waals surface area contributed by atoms with Crippen molar-refractivity contribution in [2.24, 2.45) is 11.8 Å². The molecule has 1 aliphatic rings. The maximum absolute atomic E-state index is 10.0. The van der Waals surface area contributed by atoms with Gasteiger partial charge in [-0.05, 0) is 37.7 Å². The van der Waals surface area contributed by atoms with Crippen LogP contribution in [0.3, 0.4) is 0 Å². The fourth-order valence-electron chi connectivity index (χ4n) is 2.97. The molecule has 98 valence electrons. The number of rotatable bonds is 2. The Hall–Kier alpha value is -1.44. The number of phenolic OH excluding ortho intramolecular Hbond substituents is 2. The summed E-state index contributed by atoms with van der Waals surface area (Å²) in [4.78, 5) is 0. The molecule has 0 unspecified atom stereocenters. The van der Waals surface area contributed by atoms with E-state index in [-0.39, 0.29) is 17.4 Å². The summed E-state index contributed by atoms with van der Waals surface area (Å²) >= 11 is 0. The van der Waals surface area contributed by atoms with Crippen LogP contribution in [0.5, 0.6) is 11.5 Å². The largest absolute Gasteiger partial charge is 0.508 e. The van der Waals surface area contributed by atoms with Crippen molar-refractivity contribution in [3.63, 3.8) is 0 Å². The lowest BCUT2D eigenvalue weighted by Crippen LogP contribution is -2.21. The predicted molar refractivity (Wildman–Crippen MR) is 73.8 cm³/mol. The molecule has 2 atom stereocenters. The molecular formula is C16H22O2. The van der Waals surface area contributed by atoms with Crippen molar-refractivity contribution in [1.29, 1.82) is 0 Å². The van der Waals surface area contributed by atoms with Crippen LogP contribution in [-0.2, 0) is 0 Å². The topological polar surface area (TPSA) is 40.5 Å². The maximum Gasteiger partial charge on any atom is 0.123 e. The molecule has 0 bridgehead atoms. The second kappa shape index (κ2) is 5.05. The van der Waals surface area contributed by atoms with Crippen LogP contribution in [-0.4, -0.2) is 10.2 Å². The van der Waals surface area contributed by atoms with E-state index in [4.69, 9.17) is 0 Å². The Balaban J connectivity index is 2.41. The second-order valence-corrected chi connectivity index (χ2v) is 5.73. The summed E-state index contributed by atoms with van der Waals surface area (Å²) in [5, 5.41) is 19.4. The van der Waals surface area contributed by atoms with Crippen LogP contribution in [0.2, 0.25) is 0 Å². The molecule has 2 nitrogen and oxygen atoms in total. The van der Waals surface area contributed by atoms with E-state index in [1.165, 1.54) is 18.1 Å². The SMILES string of the molecule is CC1=C[C@@H](c2ccc(O)cc2O)[C@H](C(C)C)CC1. The molecule has 0 radical (unpaired) electrons. The van der Waals surface area contributed by atoms with Gasteiger partial charge in [0.15, 0.2) is 0 Å². The standard InChI is InChI=1S/C16H22O2/c1-10(2)13-6-4-11(3)8-15(13)14-7-5-12(17)9-16(14)18/h5,7-10,13,15,17-18H,4,6H2,1-3H3/t13-,15+/m0/s1. The van der Waals surface area contributed by atoms with Gasteiger partial charge in [-0.3, -0.25) is 0 Å². The fraction of sp³-hybridized carbons (Fsp3) is 0.500. The Morgan fingerprint density at radius 1 is 1.22 bits per heavy atom. The van der Waals surface area contributed by atoms with Gasteiger partial charge >= 0.3 is 0 Å². The molecule has 2 rings (SSSR count). The monoisotopic (exact) mass is 246 g/mol. The van der Waals surface area contributed by atoms with Gasteiger partial charge in [0, 0.05) is 17.5 Å². The van der Waals surface area contributed by atoms with Gasteiger partial charge in [0.1, 0.15) is 11.5 Å². The predicted octanol–water partition coefficient (Wildman–Crippen LogP) is 4.19. The number of benzene rings is 1. The summed E-state index contributed by atoms with van der Waals surface area (Å²) in [6.07, 6.45) is 4.60. The average molecular weight is 246 g/mol. The lowest BCUT2D eigenvalue weighted by atomic mass is 9.72. The lowest BCUT2D eigenvalue weighted by Gasteiger charge is -2.33. The van der Waals surface area contributed by atoms with Crippen molar-refractivity contribution in [3.05, 3.63) is 35.4 Å². The zero-order valence-electron chi connectivity index (χ0n) is 11.4. The molecule has 2 heteroatoms. The van der Waals surface area contributed by atoms with Crippen molar-refractivity contribution >= 4 is 0 Å². The molecule has 0 aromatic heterocycles. The van der Waals surface area contributed by atoms with Crippen molar-refractivity contribution in [1.82, 2.24) is 0 Å². The zero-order valence-corrected chi connectivity index (χ0v) is 11.4. The summed E-state index contributed by atoms with van der Waals surface area (Å²) in [6, 6.07) is 4.94. The molecule has 0 amide bonds. The highest BCUT2D eigenvalue weighted by Gasteiger charge is 2.29. The van der Waals surface area contributed by atoms with Crippen molar-refractivity contribution in [2.45, 2.75) is 39.5 Å². The van der Waals surface area contributed by atoms with Crippen molar-refractivity contribution < 1.29 is 10.2 Å². The Kier molecular flexibility index (Phi) is 3.65. The highest BCUT2D eigenvalue weighted by molar-refractivity contribution is 5.43. The van der Waals surface area contributed by atoms with E-state index >= 15 is 0 Å². The molecule has 0 fully saturated rings. The second-order valence-electron chi connectivity index (χ2n) is 5.73. The van der Waals surface area contributed by atoms with Gasteiger partial charge in [0.2, 0.25) is 0 Å². The lowest BCUT2D eigenvalue weighted by molar-refractivity contribution is 0.310. The molecule has 2 N–H and O–H groups in total. The van der Waals surface area contributed by atoms with Gasteiger partial charge in [-0.25, -0.2) is 0 Å². The first-order valence-corrected chi connectivity index (χ1v) is 6.68. The minimum absolute atomic E-state index is 0.119. The van der Waals surface area contributed by atoms with E-state index in [0.29, 0.717) is 11.8 Å². The van der Waals surface area contributed by atoms with Crippen molar-refractivity contribution in [3.8, 4) is 11.5 Å². The van der Waals surface area contributed by atoms with Crippen LogP contribution in [0.25, 0.3) is 0 Å². The molecule has 1 aliphatic carbocycles. The van der Waals surface area contributed by atoms with Gasteiger partial charge in [0.05, 0.1) is 0 Å². The van der Waals surface area contributed by atoms with Crippen LogP contribution in [0, 0.1) is 11.8 Å². The highest BCUT2D eigenvalue weighted by Crippen LogP contribution is 2.43.